The molecule has 2 aromatic heterocycles. The number of nitrogens with one attached hydrogen (secondary N) is 1. The minimum absolute atomic E-state index is 0.358. The van der Waals surface area contributed by atoms with Crippen LogP contribution in [0.1, 0.15) is 43.9 Å². The highest BCUT2D eigenvalue weighted by molar-refractivity contribution is 5.86. The van der Waals surface area contributed by atoms with Crippen LogP contribution in [0.15, 0.2) is 24.3 Å². The van der Waals surface area contributed by atoms with E-state index in [0.717, 1.165) is 40.9 Å². The van der Waals surface area contributed by atoms with Crippen molar-refractivity contribution < 1.29 is 0 Å². The number of benzene rings is 1. The number of anilines is 1. The summed E-state index contributed by atoms with van der Waals surface area (Å²) in [4.78, 5) is 4.72. The molecule has 0 radical (unpaired) electrons. The number of para-hydroxylation sites is 2. The normalized spacial score (nSPS) is 12.5. The van der Waals surface area contributed by atoms with Crippen LogP contribution in [-0.4, -0.2) is 15.4 Å². The molecule has 1 atom stereocenters. The van der Waals surface area contributed by atoms with E-state index in [-0.39, 0.29) is 0 Å². The summed E-state index contributed by atoms with van der Waals surface area (Å²) in [5, 5.41) is 13.3. The molecule has 1 aromatic carbocycles. The maximum Gasteiger partial charge on any atom is 0.157 e. The number of rotatable bonds is 4. The zero-order valence-corrected chi connectivity index (χ0v) is 14.1. The summed E-state index contributed by atoms with van der Waals surface area (Å²) in [5.74, 6) is 1.07. The summed E-state index contributed by atoms with van der Waals surface area (Å²) in [6.07, 6.45) is 1.91. The molecule has 0 saturated carbocycles. The first-order chi connectivity index (χ1) is 11.1. The molecular formula is C19H22N4. The topological polar surface area (TPSA) is 53.1 Å². The third-order valence-corrected chi connectivity index (χ3v) is 4.58. The third-order valence-electron chi connectivity index (χ3n) is 4.58. The highest BCUT2D eigenvalue weighted by Crippen LogP contribution is 2.31. The maximum absolute atomic E-state index is 9.66. The summed E-state index contributed by atoms with van der Waals surface area (Å²) in [6.45, 7) is 8.51. The van der Waals surface area contributed by atoms with Crippen LogP contribution >= 0.6 is 0 Å². The molecule has 0 fully saturated rings. The van der Waals surface area contributed by atoms with Gasteiger partial charge in [0.2, 0.25) is 0 Å². The zero-order valence-electron chi connectivity index (χ0n) is 14.1. The fourth-order valence-corrected chi connectivity index (χ4v) is 3.10. The van der Waals surface area contributed by atoms with Crippen LogP contribution in [0.25, 0.3) is 16.7 Å². The van der Waals surface area contributed by atoms with Gasteiger partial charge in [-0.1, -0.05) is 26.0 Å². The van der Waals surface area contributed by atoms with Crippen LogP contribution in [0, 0.1) is 18.3 Å². The smallest absolute Gasteiger partial charge is 0.157 e. The lowest BCUT2D eigenvalue weighted by atomic mass is 10.0. The van der Waals surface area contributed by atoms with E-state index in [0.29, 0.717) is 11.6 Å². The van der Waals surface area contributed by atoms with Crippen molar-refractivity contribution in [1.82, 2.24) is 9.38 Å². The van der Waals surface area contributed by atoms with Gasteiger partial charge in [-0.25, -0.2) is 4.98 Å². The molecule has 0 bridgehead atoms. The number of hydrogen-bond acceptors (Lipinski definition) is 3. The average molecular weight is 306 g/mol. The van der Waals surface area contributed by atoms with Crippen LogP contribution < -0.4 is 5.32 Å². The quantitative estimate of drug-likeness (QED) is 0.775. The molecule has 1 N–H and O–H groups in total. The monoisotopic (exact) mass is 306 g/mol. The molecule has 0 aliphatic carbocycles. The highest BCUT2D eigenvalue weighted by Gasteiger charge is 2.20. The Hall–Kier alpha value is -2.54. The van der Waals surface area contributed by atoms with Gasteiger partial charge in [-0.3, -0.25) is 4.40 Å². The molecule has 2 heterocycles. The maximum atomic E-state index is 9.66. The predicted octanol–water partition coefficient (Wildman–Crippen LogP) is 4.44. The zero-order chi connectivity index (χ0) is 16.6. The standard InChI is InChI=1S/C19H22N4/c1-5-12(3)21-18-14(6-2)13(4)15(11-20)19-22-16-9-7-8-10-17(16)23(18)19/h7-10,12,21H,5-6H2,1-4H3. The first-order valence-electron chi connectivity index (χ1n) is 8.21. The highest BCUT2D eigenvalue weighted by atomic mass is 15.1. The minimum Gasteiger partial charge on any atom is -0.368 e. The first kappa shape index (κ1) is 15.4. The van der Waals surface area contributed by atoms with Gasteiger partial charge in [-0.15, -0.1) is 0 Å². The summed E-state index contributed by atoms with van der Waals surface area (Å²) in [6, 6.07) is 10.8. The molecule has 118 valence electrons. The number of nitrogens with zero attached hydrogens (tertiary/aromatic N) is 3. The molecule has 3 rings (SSSR count). The van der Waals surface area contributed by atoms with Gasteiger partial charge in [0.05, 0.1) is 16.6 Å². The van der Waals surface area contributed by atoms with Gasteiger partial charge in [0.1, 0.15) is 11.9 Å². The lowest BCUT2D eigenvalue weighted by Crippen LogP contribution is -2.18. The van der Waals surface area contributed by atoms with E-state index in [2.05, 4.69) is 42.6 Å². The second kappa shape index (κ2) is 5.92. The summed E-state index contributed by atoms with van der Waals surface area (Å²) in [7, 11) is 0. The molecule has 0 saturated heterocycles. The Labute approximate surface area is 136 Å². The Morgan fingerprint density at radius 3 is 2.70 bits per heavy atom. The molecule has 3 aromatic rings. The molecule has 4 nitrogen and oxygen atoms in total. The average Bonchev–Trinajstić information content (AvgIpc) is 2.94. The van der Waals surface area contributed by atoms with Gasteiger partial charge in [0.25, 0.3) is 0 Å². The van der Waals surface area contributed by atoms with Crippen LogP contribution in [0.5, 0.6) is 0 Å². The minimum atomic E-state index is 0.358. The van der Waals surface area contributed by atoms with Gasteiger partial charge >= 0.3 is 0 Å². The van der Waals surface area contributed by atoms with Crippen molar-refractivity contribution in [2.75, 3.05) is 5.32 Å². The second-order valence-corrected chi connectivity index (χ2v) is 6.01. The van der Waals surface area contributed by atoms with E-state index < -0.39 is 0 Å². The van der Waals surface area contributed by atoms with Gasteiger partial charge < -0.3 is 5.32 Å². The van der Waals surface area contributed by atoms with Crippen LogP contribution in [0.4, 0.5) is 5.82 Å². The predicted molar refractivity (Wildman–Crippen MR) is 94.9 cm³/mol. The molecule has 0 aliphatic heterocycles. The van der Waals surface area contributed by atoms with Gasteiger partial charge in [0.15, 0.2) is 5.65 Å². The van der Waals surface area contributed by atoms with Crippen LogP contribution in [0.2, 0.25) is 0 Å². The van der Waals surface area contributed by atoms with Crippen LogP contribution in [-0.2, 0) is 6.42 Å². The van der Waals surface area contributed by atoms with Crippen LogP contribution in [0.3, 0.4) is 0 Å². The summed E-state index contributed by atoms with van der Waals surface area (Å²) >= 11 is 0. The van der Waals surface area contributed by atoms with E-state index in [9.17, 15) is 5.26 Å². The lowest BCUT2D eigenvalue weighted by molar-refractivity contribution is 0.754. The van der Waals surface area contributed by atoms with Gasteiger partial charge in [-0.05, 0) is 49.9 Å². The third kappa shape index (κ3) is 2.33. The van der Waals surface area contributed by atoms with Crippen molar-refractivity contribution in [1.29, 1.82) is 5.26 Å². The van der Waals surface area contributed by atoms with E-state index >= 15 is 0 Å². The Bertz CT molecular complexity index is 915. The van der Waals surface area contributed by atoms with Crippen molar-refractivity contribution in [2.45, 2.75) is 46.6 Å². The largest absolute Gasteiger partial charge is 0.368 e. The number of aromatic nitrogens is 2. The molecule has 0 spiro atoms. The Morgan fingerprint density at radius 2 is 2.04 bits per heavy atom. The molecular weight excluding hydrogens is 284 g/mol. The Kier molecular flexibility index (Phi) is 3.96. The lowest BCUT2D eigenvalue weighted by Gasteiger charge is -2.21. The SMILES string of the molecule is CCc1c(C)c(C#N)c2nc3ccccc3n2c1NC(C)CC. The van der Waals surface area contributed by atoms with Crippen molar-refractivity contribution in [3.05, 3.63) is 41.0 Å². The van der Waals surface area contributed by atoms with Crippen molar-refractivity contribution >= 4 is 22.5 Å². The Balaban J connectivity index is 2.49. The first-order valence-corrected chi connectivity index (χ1v) is 8.21. The van der Waals surface area contributed by atoms with Gasteiger partial charge in [-0.2, -0.15) is 5.26 Å². The van der Waals surface area contributed by atoms with Crippen molar-refractivity contribution in [2.24, 2.45) is 0 Å². The molecule has 1 unspecified atom stereocenters. The number of imidazole rings is 1. The summed E-state index contributed by atoms with van der Waals surface area (Å²) < 4.78 is 2.12. The number of hydrogen-bond donors (Lipinski definition) is 1. The summed E-state index contributed by atoms with van der Waals surface area (Å²) in [5.41, 5.74) is 5.60. The molecule has 4 heteroatoms. The fraction of sp³-hybridized carbons (Fsp3) is 0.368. The van der Waals surface area contributed by atoms with E-state index in [1.54, 1.807) is 0 Å². The number of pyridine rings is 1. The fourth-order valence-electron chi connectivity index (χ4n) is 3.10. The molecule has 0 amide bonds. The second-order valence-electron chi connectivity index (χ2n) is 6.01. The van der Waals surface area contributed by atoms with E-state index in [1.165, 1.54) is 5.56 Å². The van der Waals surface area contributed by atoms with Crippen molar-refractivity contribution in [3.63, 3.8) is 0 Å². The molecule has 0 aliphatic rings. The van der Waals surface area contributed by atoms with Crippen molar-refractivity contribution in [3.8, 4) is 6.07 Å². The Morgan fingerprint density at radius 1 is 1.30 bits per heavy atom. The van der Waals surface area contributed by atoms with E-state index in [1.807, 2.05) is 25.1 Å². The number of nitriles is 1. The number of fused-ring (bicyclic) bond motifs is 3. The van der Waals surface area contributed by atoms with Gasteiger partial charge in [0, 0.05) is 6.04 Å². The molecule has 23 heavy (non-hydrogen) atoms. The van der Waals surface area contributed by atoms with E-state index in [4.69, 9.17) is 4.98 Å².